The van der Waals surface area contributed by atoms with Crippen molar-refractivity contribution in [2.24, 2.45) is 0 Å². The Morgan fingerprint density at radius 2 is 1.90 bits per heavy atom. The van der Waals surface area contributed by atoms with E-state index in [-0.39, 0.29) is 0 Å². The first-order chi connectivity index (χ1) is 10.1. The van der Waals surface area contributed by atoms with Gasteiger partial charge in [0.05, 0.1) is 12.8 Å². The number of hydrogen-bond donors (Lipinski definition) is 1. The summed E-state index contributed by atoms with van der Waals surface area (Å²) in [6.07, 6.45) is 2.48. The zero-order valence-electron chi connectivity index (χ0n) is 13.4. The van der Waals surface area contributed by atoms with Crippen LogP contribution in [0.2, 0.25) is 0 Å². The molecule has 0 saturated carbocycles. The van der Waals surface area contributed by atoms with Crippen LogP contribution in [0.1, 0.15) is 30.5 Å². The number of anilines is 1. The summed E-state index contributed by atoms with van der Waals surface area (Å²) in [5.41, 5.74) is 5.47. The molecule has 0 aliphatic carbocycles. The highest BCUT2D eigenvalue weighted by Crippen LogP contribution is 2.36. The first kappa shape index (κ1) is 15.3. The van der Waals surface area contributed by atoms with Gasteiger partial charge in [-0.3, -0.25) is 0 Å². The minimum absolute atomic E-state index is 0.841. The quantitative estimate of drug-likeness (QED) is 0.908. The lowest BCUT2D eigenvalue weighted by atomic mass is 9.98. The summed E-state index contributed by atoms with van der Waals surface area (Å²) in [4.78, 5) is 8.87. The molecule has 0 aliphatic rings. The van der Waals surface area contributed by atoms with Gasteiger partial charge in [-0.1, -0.05) is 13.0 Å². The van der Waals surface area contributed by atoms with Gasteiger partial charge in [0, 0.05) is 17.7 Å². The molecule has 1 N–H and O–H groups in total. The summed E-state index contributed by atoms with van der Waals surface area (Å²) in [6, 6.07) is 4.19. The lowest BCUT2D eigenvalue weighted by molar-refractivity contribution is 0.413. The van der Waals surface area contributed by atoms with Crippen LogP contribution in [0.3, 0.4) is 0 Å². The van der Waals surface area contributed by atoms with Crippen molar-refractivity contribution < 1.29 is 4.74 Å². The van der Waals surface area contributed by atoms with Crippen LogP contribution in [0.15, 0.2) is 18.5 Å². The number of hydrogen-bond acceptors (Lipinski definition) is 4. The standard InChI is InChI=1S/C17H23N3O/c1-6-13-15(19-10-20-17(13)18-7-2)14-9-8-11(3)12(4)16(14)21-5/h8-10H,6-7H2,1-5H3,(H,18,19,20). The number of aromatic nitrogens is 2. The van der Waals surface area contributed by atoms with Gasteiger partial charge in [0.25, 0.3) is 0 Å². The number of ether oxygens (including phenoxy) is 1. The van der Waals surface area contributed by atoms with Crippen molar-refractivity contribution >= 4 is 5.82 Å². The van der Waals surface area contributed by atoms with Crippen LogP contribution in [0.5, 0.6) is 5.75 Å². The molecular weight excluding hydrogens is 262 g/mol. The van der Waals surface area contributed by atoms with E-state index in [1.165, 1.54) is 5.56 Å². The van der Waals surface area contributed by atoms with Gasteiger partial charge >= 0.3 is 0 Å². The molecule has 0 radical (unpaired) electrons. The lowest BCUT2D eigenvalue weighted by Gasteiger charge is -2.17. The molecule has 2 aromatic rings. The number of methoxy groups -OCH3 is 1. The van der Waals surface area contributed by atoms with Gasteiger partial charge in [-0.25, -0.2) is 9.97 Å². The Kier molecular flexibility index (Phi) is 4.78. The average molecular weight is 285 g/mol. The van der Waals surface area contributed by atoms with Gasteiger partial charge in [0.1, 0.15) is 17.9 Å². The lowest BCUT2D eigenvalue weighted by Crippen LogP contribution is -2.06. The van der Waals surface area contributed by atoms with E-state index in [2.05, 4.69) is 55.1 Å². The predicted molar refractivity (Wildman–Crippen MR) is 87.0 cm³/mol. The molecule has 1 aromatic heterocycles. The van der Waals surface area contributed by atoms with Crippen LogP contribution in [0, 0.1) is 13.8 Å². The van der Waals surface area contributed by atoms with E-state index in [1.807, 2.05) is 0 Å². The van der Waals surface area contributed by atoms with Crippen LogP contribution in [0.4, 0.5) is 5.82 Å². The summed E-state index contributed by atoms with van der Waals surface area (Å²) in [5.74, 6) is 1.80. The maximum Gasteiger partial charge on any atom is 0.133 e. The molecule has 21 heavy (non-hydrogen) atoms. The van der Waals surface area contributed by atoms with Gasteiger partial charge < -0.3 is 10.1 Å². The highest BCUT2D eigenvalue weighted by molar-refractivity contribution is 5.75. The van der Waals surface area contributed by atoms with E-state index in [1.54, 1.807) is 13.4 Å². The fourth-order valence-electron chi connectivity index (χ4n) is 2.54. The minimum atomic E-state index is 0.841. The molecule has 1 aromatic carbocycles. The average Bonchev–Trinajstić information content (AvgIpc) is 2.50. The normalized spacial score (nSPS) is 10.5. The zero-order chi connectivity index (χ0) is 15.4. The molecular formula is C17H23N3O. The van der Waals surface area contributed by atoms with Crippen molar-refractivity contribution in [3.63, 3.8) is 0 Å². The van der Waals surface area contributed by atoms with Gasteiger partial charge in [-0.2, -0.15) is 0 Å². The van der Waals surface area contributed by atoms with Crippen molar-refractivity contribution in [1.29, 1.82) is 0 Å². The Hall–Kier alpha value is -2.10. The molecule has 112 valence electrons. The van der Waals surface area contributed by atoms with Crippen molar-refractivity contribution in [3.8, 4) is 17.0 Å². The topological polar surface area (TPSA) is 47.0 Å². The molecule has 0 bridgehead atoms. The second-order valence-corrected chi connectivity index (χ2v) is 5.02. The Morgan fingerprint density at radius 1 is 1.14 bits per heavy atom. The molecule has 1 heterocycles. The summed E-state index contributed by atoms with van der Waals surface area (Å²) >= 11 is 0. The van der Waals surface area contributed by atoms with Crippen molar-refractivity contribution in [3.05, 3.63) is 35.2 Å². The van der Waals surface area contributed by atoms with Crippen molar-refractivity contribution in [2.75, 3.05) is 19.0 Å². The molecule has 0 amide bonds. The first-order valence-electron chi connectivity index (χ1n) is 7.36. The zero-order valence-corrected chi connectivity index (χ0v) is 13.4. The highest BCUT2D eigenvalue weighted by Gasteiger charge is 2.17. The largest absolute Gasteiger partial charge is 0.496 e. The summed E-state index contributed by atoms with van der Waals surface area (Å²) in [6.45, 7) is 9.20. The number of rotatable bonds is 5. The minimum Gasteiger partial charge on any atom is -0.496 e. The SMILES string of the molecule is CCNc1ncnc(-c2ccc(C)c(C)c2OC)c1CC. The van der Waals surface area contributed by atoms with E-state index in [9.17, 15) is 0 Å². The molecule has 2 rings (SSSR count). The van der Waals surface area contributed by atoms with Gasteiger partial charge in [0.15, 0.2) is 0 Å². The van der Waals surface area contributed by atoms with Crippen LogP contribution in [0.25, 0.3) is 11.3 Å². The molecule has 0 fully saturated rings. The second kappa shape index (κ2) is 6.57. The van der Waals surface area contributed by atoms with E-state index < -0.39 is 0 Å². The summed E-state index contributed by atoms with van der Waals surface area (Å²) in [7, 11) is 1.71. The van der Waals surface area contributed by atoms with Crippen molar-refractivity contribution in [1.82, 2.24) is 9.97 Å². The van der Waals surface area contributed by atoms with Crippen LogP contribution >= 0.6 is 0 Å². The monoisotopic (exact) mass is 285 g/mol. The Bertz CT molecular complexity index is 638. The molecule has 4 heteroatoms. The second-order valence-electron chi connectivity index (χ2n) is 5.02. The number of nitrogens with one attached hydrogen (secondary N) is 1. The van der Waals surface area contributed by atoms with Crippen molar-refractivity contribution in [2.45, 2.75) is 34.1 Å². The van der Waals surface area contributed by atoms with E-state index in [0.717, 1.165) is 46.9 Å². The first-order valence-corrected chi connectivity index (χ1v) is 7.36. The summed E-state index contributed by atoms with van der Waals surface area (Å²) < 4.78 is 5.63. The third-order valence-corrected chi connectivity index (χ3v) is 3.78. The van der Waals surface area contributed by atoms with E-state index in [4.69, 9.17) is 4.74 Å². The Balaban J connectivity index is 2.67. The van der Waals surface area contributed by atoms with E-state index >= 15 is 0 Å². The molecule has 0 aliphatic heterocycles. The van der Waals surface area contributed by atoms with E-state index in [0.29, 0.717) is 0 Å². The van der Waals surface area contributed by atoms with Crippen LogP contribution < -0.4 is 10.1 Å². The van der Waals surface area contributed by atoms with Gasteiger partial charge in [-0.15, -0.1) is 0 Å². The van der Waals surface area contributed by atoms with Gasteiger partial charge in [-0.05, 0) is 44.4 Å². The number of nitrogens with zero attached hydrogens (tertiary/aromatic N) is 2. The highest BCUT2D eigenvalue weighted by atomic mass is 16.5. The molecule has 4 nitrogen and oxygen atoms in total. The predicted octanol–water partition coefficient (Wildman–Crippen LogP) is 3.76. The maximum atomic E-state index is 5.63. The molecule has 0 saturated heterocycles. The fourth-order valence-corrected chi connectivity index (χ4v) is 2.54. The maximum absolute atomic E-state index is 5.63. The summed E-state index contributed by atoms with van der Waals surface area (Å²) in [5, 5.41) is 3.31. The number of aryl methyl sites for hydroxylation is 1. The third-order valence-electron chi connectivity index (χ3n) is 3.78. The third kappa shape index (κ3) is 2.84. The fraction of sp³-hybridized carbons (Fsp3) is 0.412. The number of benzene rings is 1. The van der Waals surface area contributed by atoms with Crippen LogP contribution in [-0.4, -0.2) is 23.6 Å². The molecule has 0 atom stereocenters. The molecule has 0 unspecified atom stereocenters. The Labute approximate surface area is 126 Å². The molecule has 0 spiro atoms. The Morgan fingerprint density at radius 3 is 2.52 bits per heavy atom. The smallest absolute Gasteiger partial charge is 0.133 e. The van der Waals surface area contributed by atoms with Gasteiger partial charge in [0.2, 0.25) is 0 Å². The van der Waals surface area contributed by atoms with Crippen LogP contribution in [-0.2, 0) is 6.42 Å².